The second-order valence-electron chi connectivity index (χ2n) is 8.91. The number of rotatable bonds is 7. The van der Waals surface area contributed by atoms with E-state index < -0.39 is 0 Å². The predicted molar refractivity (Wildman–Crippen MR) is 122 cm³/mol. The van der Waals surface area contributed by atoms with Crippen molar-refractivity contribution in [3.8, 4) is 0 Å². The summed E-state index contributed by atoms with van der Waals surface area (Å²) in [5.41, 5.74) is 2.37. The molecule has 1 saturated carbocycles. The van der Waals surface area contributed by atoms with Gasteiger partial charge in [-0.2, -0.15) is 5.10 Å². The first-order chi connectivity index (χ1) is 16.1. The minimum Gasteiger partial charge on any atom is -0.360 e. The summed E-state index contributed by atoms with van der Waals surface area (Å²) in [5.74, 6) is 0.966. The molecule has 1 aliphatic heterocycles. The lowest BCUT2D eigenvalue weighted by atomic mass is 9.85. The van der Waals surface area contributed by atoms with Gasteiger partial charge in [-0.15, -0.1) is 0 Å². The third-order valence-corrected chi connectivity index (χ3v) is 6.35. The Morgan fingerprint density at radius 1 is 1.15 bits per heavy atom. The van der Waals surface area contributed by atoms with E-state index >= 15 is 0 Å². The molecule has 1 unspecified atom stereocenters. The first kappa shape index (κ1) is 21.4. The number of nitrogens with zero attached hydrogens (tertiary/aromatic N) is 3. The zero-order valence-corrected chi connectivity index (χ0v) is 18.6. The van der Waals surface area contributed by atoms with Crippen LogP contribution in [0.4, 0.5) is 5.69 Å². The van der Waals surface area contributed by atoms with Gasteiger partial charge < -0.3 is 20.5 Å². The standard InChI is InChI=1S/C24H28N6O3/c1-30-14-19(13-26-30)27-23(31)18-4-2-3-17(11-18)22(16-7-9-25-10-8-16)28-24(32)20-12-21(33-29-20)15-5-6-15/h2-4,11-16,22,25H,5-10H2,1H3,(H,27,31)(H,28,32). The van der Waals surface area contributed by atoms with E-state index in [9.17, 15) is 9.59 Å². The van der Waals surface area contributed by atoms with E-state index in [0.29, 0.717) is 22.9 Å². The largest absolute Gasteiger partial charge is 0.360 e. The van der Waals surface area contributed by atoms with E-state index in [1.54, 1.807) is 36.3 Å². The Kier molecular flexibility index (Phi) is 5.95. The molecule has 9 nitrogen and oxygen atoms in total. The zero-order chi connectivity index (χ0) is 22.8. The first-order valence-electron chi connectivity index (χ1n) is 11.4. The number of hydrogen-bond donors (Lipinski definition) is 3. The Bertz CT molecular complexity index is 1140. The molecule has 0 radical (unpaired) electrons. The van der Waals surface area contributed by atoms with Gasteiger partial charge in [-0.1, -0.05) is 17.3 Å². The van der Waals surface area contributed by atoms with Gasteiger partial charge in [-0.25, -0.2) is 0 Å². The van der Waals surface area contributed by atoms with Crippen LogP contribution in [-0.4, -0.2) is 39.8 Å². The number of benzene rings is 1. The fraction of sp³-hybridized carbons (Fsp3) is 0.417. The van der Waals surface area contributed by atoms with Crippen LogP contribution in [0.3, 0.4) is 0 Å². The second kappa shape index (κ2) is 9.19. The number of carbonyl (C=O) groups excluding carboxylic acids is 2. The van der Waals surface area contributed by atoms with E-state index in [1.807, 2.05) is 18.2 Å². The summed E-state index contributed by atoms with van der Waals surface area (Å²) in [7, 11) is 1.80. The molecule has 2 aliphatic rings. The molecule has 3 heterocycles. The fourth-order valence-electron chi connectivity index (χ4n) is 4.39. The van der Waals surface area contributed by atoms with E-state index in [0.717, 1.165) is 50.1 Å². The van der Waals surface area contributed by atoms with Crippen LogP contribution in [-0.2, 0) is 7.05 Å². The van der Waals surface area contributed by atoms with Crippen molar-refractivity contribution in [1.29, 1.82) is 0 Å². The molecule has 2 aromatic heterocycles. The summed E-state index contributed by atoms with van der Waals surface area (Å²) in [5, 5.41) is 17.5. The van der Waals surface area contributed by atoms with Crippen LogP contribution in [0.15, 0.2) is 47.2 Å². The average Bonchev–Trinajstić information content (AvgIpc) is 3.42. The van der Waals surface area contributed by atoms with E-state index in [1.165, 1.54) is 0 Å². The SMILES string of the molecule is Cn1cc(NC(=O)c2cccc(C(NC(=O)c3cc(C4CC4)on3)C3CCNCC3)c2)cn1. The van der Waals surface area contributed by atoms with Gasteiger partial charge in [0.25, 0.3) is 11.8 Å². The van der Waals surface area contributed by atoms with Crippen molar-refractivity contribution in [2.24, 2.45) is 13.0 Å². The van der Waals surface area contributed by atoms with Gasteiger partial charge in [0.2, 0.25) is 0 Å². The Morgan fingerprint density at radius 2 is 1.97 bits per heavy atom. The van der Waals surface area contributed by atoms with Gasteiger partial charge in [0, 0.05) is 30.8 Å². The molecule has 2 amide bonds. The van der Waals surface area contributed by atoms with Gasteiger partial charge >= 0.3 is 0 Å². The molecular formula is C24H28N6O3. The normalized spacial score (nSPS) is 17.5. The molecule has 0 bridgehead atoms. The maximum absolute atomic E-state index is 13.1. The third kappa shape index (κ3) is 4.98. The van der Waals surface area contributed by atoms with Crippen LogP contribution in [0.5, 0.6) is 0 Å². The second-order valence-corrected chi connectivity index (χ2v) is 8.91. The summed E-state index contributed by atoms with van der Waals surface area (Å²) >= 11 is 0. The Labute approximate surface area is 191 Å². The number of aromatic nitrogens is 3. The van der Waals surface area contributed by atoms with Gasteiger partial charge in [0.1, 0.15) is 5.76 Å². The van der Waals surface area contributed by atoms with E-state index in [4.69, 9.17) is 4.52 Å². The lowest BCUT2D eigenvalue weighted by molar-refractivity contribution is 0.0904. The highest BCUT2D eigenvalue weighted by molar-refractivity contribution is 6.04. The smallest absolute Gasteiger partial charge is 0.273 e. The van der Waals surface area contributed by atoms with Crippen molar-refractivity contribution in [2.45, 2.75) is 37.6 Å². The molecule has 3 aromatic rings. The molecule has 0 spiro atoms. The summed E-state index contributed by atoms with van der Waals surface area (Å²) < 4.78 is 7.00. The van der Waals surface area contributed by atoms with Crippen molar-refractivity contribution in [2.75, 3.05) is 18.4 Å². The zero-order valence-electron chi connectivity index (χ0n) is 18.6. The minimum atomic E-state index is -0.251. The summed E-state index contributed by atoms with van der Waals surface area (Å²) in [4.78, 5) is 25.9. The molecule has 2 fully saturated rings. The number of carbonyl (C=O) groups is 2. The third-order valence-electron chi connectivity index (χ3n) is 6.35. The van der Waals surface area contributed by atoms with E-state index in [2.05, 4.69) is 26.2 Å². The molecule has 3 N–H and O–H groups in total. The predicted octanol–water partition coefficient (Wildman–Crippen LogP) is 3.01. The van der Waals surface area contributed by atoms with Crippen LogP contribution in [0.2, 0.25) is 0 Å². The first-order valence-corrected chi connectivity index (χ1v) is 11.4. The molecule has 1 aromatic carbocycles. The maximum Gasteiger partial charge on any atom is 0.273 e. The van der Waals surface area contributed by atoms with Crippen LogP contribution >= 0.6 is 0 Å². The molecule has 1 aliphatic carbocycles. The minimum absolute atomic E-state index is 0.217. The Morgan fingerprint density at radius 3 is 2.70 bits per heavy atom. The van der Waals surface area contributed by atoms with Crippen LogP contribution in [0.1, 0.15) is 69.8 Å². The summed E-state index contributed by atoms with van der Waals surface area (Å²) in [6.45, 7) is 1.79. The lowest BCUT2D eigenvalue weighted by Gasteiger charge is -2.31. The molecule has 1 atom stereocenters. The van der Waals surface area contributed by atoms with Crippen molar-refractivity contribution in [1.82, 2.24) is 25.6 Å². The monoisotopic (exact) mass is 448 g/mol. The highest BCUT2D eigenvalue weighted by atomic mass is 16.5. The topological polar surface area (TPSA) is 114 Å². The number of nitrogens with one attached hydrogen (secondary N) is 3. The van der Waals surface area contributed by atoms with Crippen LogP contribution in [0, 0.1) is 5.92 Å². The van der Waals surface area contributed by atoms with E-state index in [-0.39, 0.29) is 23.8 Å². The van der Waals surface area contributed by atoms with Gasteiger partial charge in [0.05, 0.1) is 17.9 Å². The van der Waals surface area contributed by atoms with Crippen molar-refractivity contribution in [3.05, 3.63) is 65.3 Å². The van der Waals surface area contributed by atoms with Crippen LogP contribution in [0.25, 0.3) is 0 Å². The number of piperidine rings is 1. The lowest BCUT2D eigenvalue weighted by Crippen LogP contribution is -2.39. The summed E-state index contributed by atoms with van der Waals surface area (Å²) in [6, 6.07) is 8.98. The molecule has 1 saturated heterocycles. The molecule has 5 rings (SSSR count). The Balaban J connectivity index is 1.36. The highest BCUT2D eigenvalue weighted by Crippen LogP contribution is 2.40. The van der Waals surface area contributed by atoms with Gasteiger partial charge in [-0.05, 0) is 62.4 Å². The average molecular weight is 449 g/mol. The van der Waals surface area contributed by atoms with Gasteiger partial charge in [-0.3, -0.25) is 14.3 Å². The fourth-order valence-corrected chi connectivity index (χ4v) is 4.39. The molecule has 172 valence electrons. The number of anilines is 1. The molecular weight excluding hydrogens is 420 g/mol. The molecule has 9 heteroatoms. The van der Waals surface area contributed by atoms with Crippen LogP contribution < -0.4 is 16.0 Å². The maximum atomic E-state index is 13.1. The molecule has 33 heavy (non-hydrogen) atoms. The Hall–Kier alpha value is -3.46. The van der Waals surface area contributed by atoms with Crippen molar-refractivity contribution >= 4 is 17.5 Å². The van der Waals surface area contributed by atoms with Crippen molar-refractivity contribution in [3.63, 3.8) is 0 Å². The number of hydrogen-bond acceptors (Lipinski definition) is 6. The quantitative estimate of drug-likeness (QED) is 0.512. The number of amides is 2. The van der Waals surface area contributed by atoms with Crippen molar-refractivity contribution < 1.29 is 14.1 Å². The highest BCUT2D eigenvalue weighted by Gasteiger charge is 2.31. The number of aryl methyl sites for hydroxylation is 1. The summed E-state index contributed by atoms with van der Waals surface area (Å²) in [6.07, 6.45) is 7.39. The van der Waals surface area contributed by atoms with Gasteiger partial charge in [0.15, 0.2) is 5.69 Å².